The Hall–Kier alpha value is -2.93. The van der Waals surface area contributed by atoms with E-state index >= 15 is 0 Å². The molecule has 1 saturated heterocycles. The van der Waals surface area contributed by atoms with Crippen LogP contribution in [0.3, 0.4) is 0 Å². The average Bonchev–Trinajstić information content (AvgIpc) is 3.19. The number of rotatable bonds is 7. The summed E-state index contributed by atoms with van der Waals surface area (Å²) in [5.74, 6) is 2.62. The number of fused-ring (bicyclic) bond motifs is 1. The maximum absolute atomic E-state index is 5.93. The third-order valence-corrected chi connectivity index (χ3v) is 5.82. The summed E-state index contributed by atoms with van der Waals surface area (Å²) in [6.45, 7) is 9.54. The Morgan fingerprint density at radius 2 is 1.88 bits per heavy atom. The lowest BCUT2D eigenvalue weighted by Crippen LogP contribution is -2.36. The monoisotopic (exact) mass is 438 g/mol. The minimum atomic E-state index is 0.215. The number of morpholine rings is 1. The lowest BCUT2D eigenvalue weighted by atomic mass is 10.1. The molecule has 1 fully saturated rings. The zero-order chi connectivity index (χ0) is 22.3. The van der Waals surface area contributed by atoms with Gasteiger partial charge in [-0.2, -0.15) is 0 Å². The van der Waals surface area contributed by atoms with E-state index in [1.165, 1.54) is 16.8 Å². The average molecular weight is 439 g/mol. The maximum Gasteiger partial charge on any atom is 0.191 e. The smallest absolute Gasteiger partial charge is 0.191 e. The second-order valence-corrected chi connectivity index (χ2v) is 8.18. The molecule has 7 nitrogen and oxygen atoms in total. The number of nitrogens with one attached hydrogen (secondary N) is 2. The van der Waals surface area contributed by atoms with E-state index in [9.17, 15) is 0 Å². The summed E-state index contributed by atoms with van der Waals surface area (Å²) in [5.41, 5.74) is 4.74. The Labute approximate surface area is 190 Å². The predicted molar refractivity (Wildman–Crippen MR) is 128 cm³/mol. The molecule has 2 aliphatic heterocycles. The Morgan fingerprint density at radius 1 is 1.12 bits per heavy atom. The van der Waals surface area contributed by atoms with Gasteiger partial charge < -0.3 is 29.7 Å². The summed E-state index contributed by atoms with van der Waals surface area (Å²) in [4.78, 5) is 6.73. The molecule has 2 aromatic rings. The molecular formula is C25H34N4O3. The number of benzene rings is 2. The number of anilines is 1. The van der Waals surface area contributed by atoms with E-state index in [-0.39, 0.29) is 6.10 Å². The fraction of sp³-hybridized carbons (Fsp3) is 0.480. The quantitative estimate of drug-likeness (QED) is 0.512. The van der Waals surface area contributed by atoms with Gasteiger partial charge in [-0.15, -0.1) is 0 Å². The molecule has 2 aromatic carbocycles. The lowest BCUT2D eigenvalue weighted by Gasteiger charge is -2.28. The molecule has 0 spiro atoms. The van der Waals surface area contributed by atoms with E-state index in [1.807, 2.05) is 6.92 Å². The molecule has 7 heteroatoms. The molecule has 0 aromatic heterocycles. The van der Waals surface area contributed by atoms with Crippen molar-refractivity contribution < 1.29 is 14.2 Å². The molecule has 2 aliphatic rings. The Balaban J connectivity index is 1.33. The lowest BCUT2D eigenvalue weighted by molar-refractivity contribution is 0.122. The van der Waals surface area contributed by atoms with Crippen molar-refractivity contribution in [2.45, 2.75) is 39.5 Å². The first kappa shape index (κ1) is 22.3. The van der Waals surface area contributed by atoms with E-state index in [0.717, 1.165) is 55.7 Å². The standard InChI is InChI=1S/C25H34N4O3/c1-4-31-23-14-20-13-18(2)32-24(20)15-21(23)17-28-25(26-3)27-16-19-5-7-22(8-6-19)29-9-11-30-12-10-29/h5-8,14-15,18H,4,9-13,16-17H2,1-3H3,(H2,26,27,28). The normalized spacial score (nSPS) is 18.2. The topological polar surface area (TPSA) is 67.4 Å². The highest BCUT2D eigenvalue weighted by Crippen LogP contribution is 2.35. The Morgan fingerprint density at radius 3 is 2.59 bits per heavy atom. The molecular weight excluding hydrogens is 404 g/mol. The van der Waals surface area contributed by atoms with Gasteiger partial charge in [-0.05, 0) is 43.7 Å². The number of hydrogen-bond donors (Lipinski definition) is 2. The molecule has 1 unspecified atom stereocenters. The molecule has 0 saturated carbocycles. The van der Waals surface area contributed by atoms with Crippen LogP contribution in [0.5, 0.6) is 11.5 Å². The van der Waals surface area contributed by atoms with Crippen LogP contribution in [0.15, 0.2) is 41.4 Å². The number of guanidine groups is 1. The third kappa shape index (κ3) is 5.46. The van der Waals surface area contributed by atoms with Crippen LogP contribution in [0.25, 0.3) is 0 Å². The fourth-order valence-corrected chi connectivity index (χ4v) is 4.14. The fourth-order valence-electron chi connectivity index (χ4n) is 4.14. The van der Waals surface area contributed by atoms with Crippen LogP contribution >= 0.6 is 0 Å². The second-order valence-electron chi connectivity index (χ2n) is 8.18. The van der Waals surface area contributed by atoms with Crippen LogP contribution < -0.4 is 25.0 Å². The van der Waals surface area contributed by atoms with E-state index in [0.29, 0.717) is 19.7 Å². The number of nitrogens with zero attached hydrogens (tertiary/aromatic N) is 2. The van der Waals surface area contributed by atoms with Crippen molar-refractivity contribution in [1.29, 1.82) is 0 Å². The summed E-state index contributed by atoms with van der Waals surface area (Å²) in [6, 6.07) is 12.9. The predicted octanol–water partition coefficient (Wildman–Crippen LogP) is 3.11. The van der Waals surface area contributed by atoms with Gasteiger partial charge in [-0.3, -0.25) is 4.99 Å². The molecule has 172 valence electrons. The van der Waals surface area contributed by atoms with Gasteiger partial charge in [0.1, 0.15) is 17.6 Å². The van der Waals surface area contributed by atoms with Gasteiger partial charge in [-0.1, -0.05) is 12.1 Å². The van der Waals surface area contributed by atoms with E-state index in [2.05, 4.69) is 63.8 Å². The zero-order valence-electron chi connectivity index (χ0n) is 19.3. The highest BCUT2D eigenvalue weighted by Gasteiger charge is 2.22. The molecule has 4 rings (SSSR count). The summed E-state index contributed by atoms with van der Waals surface area (Å²) in [5, 5.41) is 6.80. The first-order valence-corrected chi connectivity index (χ1v) is 11.5. The van der Waals surface area contributed by atoms with Crippen molar-refractivity contribution in [3.63, 3.8) is 0 Å². The minimum absolute atomic E-state index is 0.215. The highest BCUT2D eigenvalue weighted by atomic mass is 16.5. The summed E-state index contributed by atoms with van der Waals surface area (Å²) < 4.78 is 17.3. The van der Waals surface area contributed by atoms with E-state index in [1.54, 1.807) is 7.05 Å². The SMILES string of the molecule is CCOc1cc2c(cc1CNC(=NC)NCc1ccc(N3CCOCC3)cc1)OC(C)C2. The van der Waals surface area contributed by atoms with Crippen LogP contribution in [0.1, 0.15) is 30.5 Å². The van der Waals surface area contributed by atoms with Crippen molar-refractivity contribution >= 4 is 11.6 Å². The van der Waals surface area contributed by atoms with Gasteiger partial charge in [0.15, 0.2) is 5.96 Å². The van der Waals surface area contributed by atoms with Crippen molar-refractivity contribution in [3.8, 4) is 11.5 Å². The van der Waals surface area contributed by atoms with Crippen molar-refractivity contribution in [2.75, 3.05) is 44.9 Å². The van der Waals surface area contributed by atoms with Crippen molar-refractivity contribution in [2.24, 2.45) is 4.99 Å². The van der Waals surface area contributed by atoms with Crippen molar-refractivity contribution in [3.05, 3.63) is 53.1 Å². The first-order valence-electron chi connectivity index (χ1n) is 11.5. The van der Waals surface area contributed by atoms with Crippen LogP contribution in [0.4, 0.5) is 5.69 Å². The number of ether oxygens (including phenoxy) is 3. The third-order valence-electron chi connectivity index (χ3n) is 5.82. The van der Waals surface area contributed by atoms with Crippen LogP contribution in [0.2, 0.25) is 0 Å². The van der Waals surface area contributed by atoms with Gasteiger partial charge in [-0.25, -0.2) is 0 Å². The summed E-state index contributed by atoms with van der Waals surface area (Å²) in [7, 11) is 1.79. The minimum Gasteiger partial charge on any atom is -0.494 e. The molecule has 0 aliphatic carbocycles. The summed E-state index contributed by atoms with van der Waals surface area (Å²) in [6.07, 6.45) is 1.14. The molecule has 2 N–H and O–H groups in total. The van der Waals surface area contributed by atoms with Crippen LogP contribution in [0, 0.1) is 0 Å². The molecule has 32 heavy (non-hydrogen) atoms. The first-order chi connectivity index (χ1) is 15.7. The second kappa shape index (κ2) is 10.6. The Bertz CT molecular complexity index is 924. The van der Waals surface area contributed by atoms with Crippen LogP contribution in [-0.2, 0) is 24.2 Å². The molecule has 2 heterocycles. The largest absolute Gasteiger partial charge is 0.494 e. The number of aliphatic imine (C=N–C) groups is 1. The molecule has 0 radical (unpaired) electrons. The van der Waals surface area contributed by atoms with Gasteiger partial charge >= 0.3 is 0 Å². The zero-order valence-corrected chi connectivity index (χ0v) is 19.3. The molecule has 1 atom stereocenters. The molecule has 0 bridgehead atoms. The van der Waals surface area contributed by atoms with Gasteiger partial charge in [0.05, 0.1) is 19.8 Å². The molecule has 0 amide bonds. The Kier molecular flexibility index (Phi) is 7.37. The van der Waals surface area contributed by atoms with Crippen LogP contribution in [-0.4, -0.2) is 52.0 Å². The van der Waals surface area contributed by atoms with E-state index < -0.39 is 0 Å². The highest BCUT2D eigenvalue weighted by molar-refractivity contribution is 5.79. The van der Waals surface area contributed by atoms with Crippen molar-refractivity contribution in [1.82, 2.24) is 10.6 Å². The summed E-state index contributed by atoms with van der Waals surface area (Å²) >= 11 is 0. The van der Waals surface area contributed by atoms with Gasteiger partial charge in [0.25, 0.3) is 0 Å². The maximum atomic E-state index is 5.93. The van der Waals surface area contributed by atoms with E-state index in [4.69, 9.17) is 14.2 Å². The van der Waals surface area contributed by atoms with Gasteiger partial charge in [0, 0.05) is 56.5 Å². The number of hydrogen-bond acceptors (Lipinski definition) is 5. The van der Waals surface area contributed by atoms with Gasteiger partial charge in [0.2, 0.25) is 0 Å².